The van der Waals surface area contributed by atoms with Crippen molar-refractivity contribution in [3.63, 3.8) is 0 Å². The van der Waals surface area contributed by atoms with Gasteiger partial charge in [0, 0.05) is 12.7 Å². The Morgan fingerprint density at radius 2 is 2.28 bits per heavy atom. The average Bonchev–Trinajstić information content (AvgIpc) is 2.82. The van der Waals surface area contributed by atoms with E-state index in [1.165, 1.54) is 19.2 Å². The first-order chi connectivity index (χ1) is 8.61. The number of benzene rings is 1. The lowest BCUT2D eigenvalue weighted by molar-refractivity contribution is 0.166. The molecule has 1 aromatic carbocycles. The summed E-state index contributed by atoms with van der Waals surface area (Å²) in [5.41, 5.74) is 7.23. The van der Waals surface area contributed by atoms with E-state index in [2.05, 4.69) is 10.1 Å². The fourth-order valence-corrected chi connectivity index (χ4v) is 1.58. The summed E-state index contributed by atoms with van der Waals surface area (Å²) in [6.45, 7) is 2.13. The molecule has 0 aliphatic rings. The van der Waals surface area contributed by atoms with E-state index >= 15 is 0 Å². The van der Waals surface area contributed by atoms with Crippen LogP contribution in [0.15, 0.2) is 22.7 Å². The maximum Gasteiger partial charge on any atom is 0.246 e. The number of ether oxygens (including phenoxy) is 1. The number of aromatic nitrogens is 2. The first-order valence-electron chi connectivity index (χ1n) is 5.46. The van der Waals surface area contributed by atoms with E-state index in [4.69, 9.17) is 15.0 Å². The SMILES string of the molecule is COCC(N)c1nc(-c2cc(F)ccc2C)no1. The van der Waals surface area contributed by atoms with Crippen LogP contribution in [0, 0.1) is 12.7 Å². The van der Waals surface area contributed by atoms with Crippen molar-refractivity contribution in [2.75, 3.05) is 13.7 Å². The second kappa shape index (κ2) is 5.24. The minimum absolute atomic E-state index is 0.274. The van der Waals surface area contributed by atoms with Crippen LogP contribution in [-0.4, -0.2) is 23.9 Å². The molecule has 2 N–H and O–H groups in total. The van der Waals surface area contributed by atoms with E-state index < -0.39 is 6.04 Å². The molecule has 0 fully saturated rings. The second-order valence-electron chi connectivity index (χ2n) is 3.98. The van der Waals surface area contributed by atoms with Crippen LogP contribution in [0.4, 0.5) is 4.39 Å². The molecule has 0 radical (unpaired) electrons. The van der Waals surface area contributed by atoms with Crippen LogP contribution in [0.3, 0.4) is 0 Å². The van der Waals surface area contributed by atoms with Gasteiger partial charge < -0.3 is 15.0 Å². The third kappa shape index (κ3) is 2.55. The monoisotopic (exact) mass is 251 g/mol. The molecule has 2 aromatic rings. The molecule has 0 spiro atoms. The lowest BCUT2D eigenvalue weighted by atomic mass is 10.1. The standard InChI is InChI=1S/C12H14FN3O2/c1-7-3-4-8(13)5-9(7)11-15-12(18-16-11)10(14)6-17-2/h3-5,10H,6,14H2,1-2H3. The molecule has 2 rings (SSSR count). The molecule has 0 bridgehead atoms. The maximum atomic E-state index is 13.2. The predicted molar refractivity (Wildman–Crippen MR) is 63.2 cm³/mol. The largest absolute Gasteiger partial charge is 0.383 e. The Labute approximate surface area is 104 Å². The molecule has 1 unspecified atom stereocenters. The van der Waals surface area contributed by atoms with Gasteiger partial charge in [-0.25, -0.2) is 4.39 Å². The van der Waals surface area contributed by atoms with Crippen molar-refractivity contribution >= 4 is 0 Å². The molecule has 1 aromatic heterocycles. The highest BCUT2D eigenvalue weighted by molar-refractivity contribution is 5.59. The van der Waals surface area contributed by atoms with Crippen molar-refractivity contribution in [1.29, 1.82) is 0 Å². The van der Waals surface area contributed by atoms with Crippen LogP contribution >= 0.6 is 0 Å². The van der Waals surface area contributed by atoms with Gasteiger partial charge in [0.05, 0.1) is 6.61 Å². The molecular formula is C12H14FN3O2. The van der Waals surface area contributed by atoms with Crippen LogP contribution < -0.4 is 5.73 Å². The summed E-state index contributed by atoms with van der Waals surface area (Å²) < 4.78 is 23.1. The maximum absolute atomic E-state index is 13.2. The van der Waals surface area contributed by atoms with Crippen LogP contribution in [0.25, 0.3) is 11.4 Å². The highest BCUT2D eigenvalue weighted by atomic mass is 19.1. The van der Waals surface area contributed by atoms with Crippen molar-refractivity contribution in [2.24, 2.45) is 5.73 Å². The van der Waals surface area contributed by atoms with Gasteiger partial charge in [0.25, 0.3) is 0 Å². The van der Waals surface area contributed by atoms with E-state index in [9.17, 15) is 4.39 Å². The van der Waals surface area contributed by atoms with E-state index in [1.807, 2.05) is 6.92 Å². The van der Waals surface area contributed by atoms with Gasteiger partial charge in [-0.2, -0.15) is 4.98 Å². The third-order valence-corrected chi connectivity index (χ3v) is 2.55. The van der Waals surface area contributed by atoms with E-state index in [0.29, 0.717) is 11.4 Å². The quantitative estimate of drug-likeness (QED) is 0.897. The molecule has 5 nitrogen and oxygen atoms in total. The Morgan fingerprint density at radius 1 is 1.50 bits per heavy atom. The number of halogens is 1. The van der Waals surface area contributed by atoms with Gasteiger partial charge in [-0.3, -0.25) is 0 Å². The van der Waals surface area contributed by atoms with Crippen molar-refractivity contribution in [2.45, 2.75) is 13.0 Å². The number of hydrogen-bond donors (Lipinski definition) is 1. The Morgan fingerprint density at radius 3 is 3.00 bits per heavy atom. The predicted octanol–water partition coefficient (Wildman–Crippen LogP) is 1.83. The molecule has 1 atom stereocenters. The normalized spacial score (nSPS) is 12.7. The Hall–Kier alpha value is -1.79. The van der Waals surface area contributed by atoms with Crippen molar-refractivity contribution in [3.8, 4) is 11.4 Å². The summed E-state index contributed by atoms with van der Waals surface area (Å²) in [6, 6.07) is 3.93. The molecule has 0 aliphatic carbocycles. The van der Waals surface area contributed by atoms with Gasteiger partial charge in [0.15, 0.2) is 0 Å². The Balaban J connectivity index is 2.32. The summed E-state index contributed by atoms with van der Waals surface area (Å²) in [7, 11) is 1.54. The molecule has 0 aliphatic heterocycles. The topological polar surface area (TPSA) is 74.2 Å². The van der Waals surface area contributed by atoms with Gasteiger partial charge in [0.2, 0.25) is 11.7 Å². The minimum Gasteiger partial charge on any atom is -0.383 e. The van der Waals surface area contributed by atoms with Crippen LogP contribution in [-0.2, 0) is 4.74 Å². The van der Waals surface area contributed by atoms with Crippen LogP contribution in [0.2, 0.25) is 0 Å². The number of rotatable bonds is 4. The second-order valence-corrected chi connectivity index (χ2v) is 3.98. The lowest BCUT2D eigenvalue weighted by Gasteiger charge is -2.03. The highest BCUT2D eigenvalue weighted by Gasteiger charge is 2.16. The summed E-state index contributed by atoms with van der Waals surface area (Å²) in [6.07, 6.45) is 0. The molecule has 18 heavy (non-hydrogen) atoms. The van der Waals surface area contributed by atoms with Crippen LogP contribution in [0.1, 0.15) is 17.5 Å². The molecule has 0 saturated heterocycles. The molecule has 96 valence electrons. The first kappa shape index (κ1) is 12.7. The fourth-order valence-electron chi connectivity index (χ4n) is 1.58. The van der Waals surface area contributed by atoms with Crippen molar-refractivity contribution in [1.82, 2.24) is 10.1 Å². The zero-order chi connectivity index (χ0) is 13.1. The van der Waals surface area contributed by atoms with Crippen molar-refractivity contribution in [3.05, 3.63) is 35.5 Å². The zero-order valence-electron chi connectivity index (χ0n) is 10.2. The van der Waals surface area contributed by atoms with Gasteiger partial charge in [-0.1, -0.05) is 11.2 Å². The zero-order valence-corrected chi connectivity index (χ0v) is 10.2. The molecular weight excluding hydrogens is 237 g/mol. The Kier molecular flexibility index (Phi) is 3.69. The number of hydrogen-bond acceptors (Lipinski definition) is 5. The third-order valence-electron chi connectivity index (χ3n) is 2.55. The number of aryl methyl sites for hydroxylation is 1. The van der Waals surface area contributed by atoms with Crippen molar-refractivity contribution < 1.29 is 13.7 Å². The average molecular weight is 251 g/mol. The summed E-state index contributed by atoms with van der Waals surface area (Å²) in [4.78, 5) is 4.15. The first-order valence-corrected chi connectivity index (χ1v) is 5.46. The summed E-state index contributed by atoms with van der Waals surface area (Å²) >= 11 is 0. The number of nitrogens with two attached hydrogens (primary N) is 1. The highest BCUT2D eigenvalue weighted by Crippen LogP contribution is 2.22. The minimum atomic E-state index is -0.481. The van der Waals surface area contributed by atoms with Gasteiger partial charge in [-0.15, -0.1) is 0 Å². The van der Waals surface area contributed by atoms with Gasteiger partial charge in [0.1, 0.15) is 11.9 Å². The Bertz CT molecular complexity index is 542. The molecule has 0 saturated carbocycles. The van der Waals surface area contributed by atoms with Gasteiger partial charge >= 0.3 is 0 Å². The lowest BCUT2D eigenvalue weighted by Crippen LogP contribution is -2.16. The number of nitrogens with zero attached hydrogens (tertiary/aromatic N) is 2. The molecule has 1 heterocycles. The smallest absolute Gasteiger partial charge is 0.246 e. The number of methoxy groups -OCH3 is 1. The van der Waals surface area contributed by atoms with Gasteiger partial charge in [-0.05, 0) is 24.6 Å². The molecule has 6 heteroatoms. The van der Waals surface area contributed by atoms with E-state index in [1.54, 1.807) is 6.07 Å². The van der Waals surface area contributed by atoms with E-state index in [-0.39, 0.29) is 18.3 Å². The van der Waals surface area contributed by atoms with Crippen LogP contribution in [0.5, 0.6) is 0 Å². The molecule has 0 amide bonds. The summed E-state index contributed by atoms with van der Waals surface area (Å²) in [5.74, 6) is 0.257. The van der Waals surface area contributed by atoms with E-state index in [0.717, 1.165) is 5.56 Å². The fraction of sp³-hybridized carbons (Fsp3) is 0.333. The summed E-state index contributed by atoms with van der Waals surface area (Å²) in [5, 5.41) is 3.80.